The molecule has 3 aliphatic rings. The highest BCUT2D eigenvalue weighted by Crippen LogP contribution is 2.26. The number of benzene rings is 3. The Hall–Kier alpha value is -3.92. The van der Waals surface area contributed by atoms with Gasteiger partial charge in [-0.05, 0) is 54.4 Å². The summed E-state index contributed by atoms with van der Waals surface area (Å²) in [7, 11) is 2.08. The van der Waals surface area contributed by atoms with E-state index >= 15 is 0 Å². The molecule has 2 fully saturated rings. The van der Waals surface area contributed by atoms with Crippen LogP contribution in [0, 0.1) is 0 Å². The van der Waals surface area contributed by atoms with Crippen LogP contribution >= 0.6 is 11.6 Å². The van der Waals surface area contributed by atoms with Gasteiger partial charge in [-0.1, -0.05) is 60.1 Å². The number of carbonyl (C=O) groups is 3. The molecule has 3 amide bonds. The van der Waals surface area contributed by atoms with Crippen LogP contribution in [0.3, 0.4) is 0 Å². The van der Waals surface area contributed by atoms with Crippen LogP contribution in [0.4, 0.5) is 5.69 Å². The van der Waals surface area contributed by atoms with Crippen molar-refractivity contribution in [3.63, 3.8) is 0 Å². The molecule has 1 unspecified atom stereocenters. The second-order valence-corrected chi connectivity index (χ2v) is 12.6. The van der Waals surface area contributed by atoms with Crippen molar-refractivity contribution >= 4 is 35.0 Å². The summed E-state index contributed by atoms with van der Waals surface area (Å²) in [6.07, 6.45) is 1.22. The molecule has 0 spiro atoms. The molecule has 3 aliphatic heterocycles. The highest BCUT2D eigenvalue weighted by molar-refractivity contribution is 6.30. The average Bonchev–Trinajstić information content (AvgIpc) is 3.08. The second-order valence-electron chi connectivity index (χ2n) is 12.2. The lowest BCUT2D eigenvalue weighted by molar-refractivity contribution is -0.137. The van der Waals surface area contributed by atoms with Crippen LogP contribution in [0.25, 0.3) is 0 Å². The van der Waals surface area contributed by atoms with Gasteiger partial charge in [0.15, 0.2) is 0 Å². The molecule has 0 aromatic heterocycles. The number of rotatable bonds is 7. The van der Waals surface area contributed by atoms with Gasteiger partial charge in [0.05, 0.1) is 5.56 Å². The first-order chi connectivity index (χ1) is 21.9. The molecule has 0 bridgehead atoms. The molecule has 0 saturated carbocycles. The molecule has 2 saturated heterocycles. The SMILES string of the molecule is CN1CCN(C(=O)c2ccccc2N2CCN(C(=O)[C@@H](Cc3ccc(Cl)cc3)NC(=O)C3NCCc4ccccc43)CC2)CC1. The van der Waals surface area contributed by atoms with Crippen molar-refractivity contribution in [2.24, 2.45) is 0 Å². The van der Waals surface area contributed by atoms with Crippen LogP contribution in [0.5, 0.6) is 0 Å². The van der Waals surface area contributed by atoms with Gasteiger partial charge in [-0.25, -0.2) is 0 Å². The molecule has 3 aromatic rings. The van der Waals surface area contributed by atoms with Crippen LogP contribution in [-0.4, -0.2) is 104 Å². The Labute approximate surface area is 270 Å². The predicted molar refractivity (Wildman–Crippen MR) is 177 cm³/mol. The van der Waals surface area contributed by atoms with Gasteiger partial charge in [0, 0.05) is 76.0 Å². The summed E-state index contributed by atoms with van der Waals surface area (Å²) in [5, 5.41) is 7.06. The number of halogens is 1. The normalized spacial score (nSPS) is 19.5. The van der Waals surface area contributed by atoms with E-state index in [9.17, 15) is 14.4 Å². The molecule has 2 N–H and O–H groups in total. The van der Waals surface area contributed by atoms with Gasteiger partial charge in [0.1, 0.15) is 12.1 Å². The summed E-state index contributed by atoms with van der Waals surface area (Å²) in [4.78, 5) is 49.4. The lowest BCUT2D eigenvalue weighted by atomic mass is 9.93. The fraction of sp³-hybridized carbons (Fsp3) is 0.400. The molecule has 45 heavy (non-hydrogen) atoms. The number of anilines is 1. The molecule has 236 valence electrons. The number of fused-ring (bicyclic) bond motifs is 1. The summed E-state index contributed by atoms with van der Waals surface area (Å²) in [5.74, 6) is -0.255. The molecule has 9 nitrogen and oxygen atoms in total. The number of nitrogens with zero attached hydrogens (tertiary/aromatic N) is 4. The van der Waals surface area contributed by atoms with Crippen LogP contribution < -0.4 is 15.5 Å². The maximum Gasteiger partial charge on any atom is 0.256 e. The van der Waals surface area contributed by atoms with E-state index in [0.717, 1.165) is 41.9 Å². The fourth-order valence-corrected chi connectivity index (χ4v) is 6.67. The topological polar surface area (TPSA) is 88.2 Å². The number of hydrogen-bond donors (Lipinski definition) is 2. The summed E-state index contributed by atoms with van der Waals surface area (Å²) in [6.45, 7) is 6.04. The third kappa shape index (κ3) is 7.16. The molecular formula is C35H41ClN6O3. The molecule has 3 heterocycles. The zero-order chi connectivity index (χ0) is 31.3. The van der Waals surface area contributed by atoms with Crippen molar-refractivity contribution in [1.29, 1.82) is 0 Å². The maximum atomic E-state index is 14.1. The van der Waals surface area contributed by atoms with Gasteiger partial charge >= 0.3 is 0 Å². The van der Waals surface area contributed by atoms with E-state index in [1.807, 2.05) is 64.4 Å². The summed E-state index contributed by atoms with van der Waals surface area (Å²) < 4.78 is 0. The molecule has 3 aromatic carbocycles. The third-order valence-electron chi connectivity index (χ3n) is 9.20. The Bertz CT molecular complexity index is 1520. The monoisotopic (exact) mass is 628 g/mol. The molecule has 0 radical (unpaired) electrons. The van der Waals surface area contributed by atoms with Crippen molar-refractivity contribution in [2.75, 3.05) is 70.9 Å². The summed E-state index contributed by atoms with van der Waals surface area (Å²) in [5.41, 5.74) is 4.64. The first kappa shape index (κ1) is 31.1. The fourth-order valence-electron chi connectivity index (χ4n) is 6.55. The lowest BCUT2D eigenvalue weighted by Crippen LogP contribution is -2.57. The minimum absolute atomic E-state index is 0.0563. The number of nitrogens with one attached hydrogen (secondary N) is 2. The van der Waals surface area contributed by atoms with Gasteiger partial charge in [0.2, 0.25) is 11.8 Å². The smallest absolute Gasteiger partial charge is 0.256 e. The molecular weight excluding hydrogens is 588 g/mol. The Morgan fingerprint density at radius 1 is 0.844 bits per heavy atom. The van der Waals surface area contributed by atoms with E-state index in [1.54, 1.807) is 12.1 Å². The minimum atomic E-state index is -0.729. The number of carbonyl (C=O) groups excluding carboxylic acids is 3. The van der Waals surface area contributed by atoms with Crippen LogP contribution in [0.1, 0.15) is 33.1 Å². The van der Waals surface area contributed by atoms with E-state index in [0.29, 0.717) is 62.8 Å². The van der Waals surface area contributed by atoms with Crippen molar-refractivity contribution in [3.8, 4) is 0 Å². The van der Waals surface area contributed by atoms with Crippen molar-refractivity contribution in [1.82, 2.24) is 25.3 Å². The minimum Gasteiger partial charge on any atom is -0.367 e. The number of amides is 3. The standard InChI is InChI=1S/C35H41ClN6O3/c1-39-16-18-41(19-17-39)34(44)29-8-4-5-9-31(29)40-20-22-42(23-21-40)35(45)30(24-25-10-12-27(36)13-11-25)38-33(43)32-28-7-3-2-6-26(28)14-15-37-32/h2-13,30,32,37H,14-24H2,1H3,(H,38,43)/t30-,32?/m1/s1. The highest BCUT2D eigenvalue weighted by atomic mass is 35.5. The Kier molecular flexibility index (Phi) is 9.68. The molecule has 6 rings (SSSR count). The van der Waals surface area contributed by atoms with Gasteiger partial charge in [-0.15, -0.1) is 0 Å². The summed E-state index contributed by atoms with van der Waals surface area (Å²) >= 11 is 6.13. The van der Waals surface area contributed by atoms with Crippen molar-refractivity contribution in [3.05, 3.63) is 100 Å². The molecule has 0 aliphatic carbocycles. The van der Waals surface area contributed by atoms with Crippen LogP contribution in [-0.2, 0) is 22.4 Å². The number of para-hydroxylation sites is 1. The Balaban J connectivity index is 1.15. The van der Waals surface area contributed by atoms with E-state index in [2.05, 4.69) is 33.5 Å². The van der Waals surface area contributed by atoms with Crippen LogP contribution in [0.2, 0.25) is 5.02 Å². The van der Waals surface area contributed by atoms with E-state index < -0.39 is 12.1 Å². The van der Waals surface area contributed by atoms with Crippen molar-refractivity contribution < 1.29 is 14.4 Å². The summed E-state index contributed by atoms with van der Waals surface area (Å²) in [6, 6.07) is 21.9. The van der Waals surface area contributed by atoms with Gasteiger partial charge < -0.3 is 30.2 Å². The van der Waals surface area contributed by atoms with Gasteiger partial charge in [0.25, 0.3) is 5.91 Å². The predicted octanol–water partition coefficient (Wildman–Crippen LogP) is 2.99. The number of likely N-dealkylation sites (N-methyl/N-ethyl adjacent to an activating group) is 1. The maximum absolute atomic E-state index is 14.1. The quantitative estimate of drug-likeness (QED) is 0.419. The van der Waals surface area contributed by atoms with Gasteiger partial charge in [-0.2, -0.15) is 0 Å². The largest absolute Gasteiger partial charge is 0.367 e. The number of piperazine rings is 2. The highest BCUT2D eigenvalue weighted by Gasteiger charge is 2.33. The zero-order valence-electron chi connectivity index (χ0n) is 25.8. The van der Waals surface area contributed by atoms with Crippen molar-refractivity contribution in [2.45, 2.75) is 24.9 Å². The Morgan fingerprint density at radius 3 is 2.27 bits per heavy atom. The number of hydrogen-bond acceptors (Lipinski definition) is 6. The first-order valence-electron chi connectivity index (χ1n) is 15.8. The zero-order valence-corrected chi connectivity index (χ0v) is 26.5. The van der Waals surface area contributed by atoms with Crippen LogP contribution in [0.15, 0.2) is 72.8 Å². The lowest BCUT2D eigenvalue weighted by Gasteiger charge is -2.39. The molecule has 10 heteroatoms. The van der Waals surface area contributed by atoms with E-state index in [4.69, 9.17) is 11.6 Å². The van der Waals surface area contributed by atoms with E-state index in [1.165, 1.54) is 0 Å². The average molecular weight is 629 g/mol. The van der Waals surface area contributed by atoms with Gasteiger partial charge in [-0.3, -0.25) is 14.4 Å². The first-order valence-corrected chi connectivity index (χ1v) is 16.2. The Morgan fingerprint density at radius 2 is 1.51 bits per heavy atom. The van der Waals surface area contributed by atoms with E-state index in [-0.39, 0.29) is 17.7 Å². The third-order valence-corrected chi connectivity index (χ3v) is 9.45. The second kappa shape index (κ2) is 14.0. The molecule has 2 atom stereocenters.